The van der Waals surface area contributed by atoms with Gasteiger partial charge in [0.05, 0.1) is 0 Å². The molecule has 0 aromatic heterocycles. The molecule has 1 unspecified atom stereocenters. The summed E-state index contributed by atoms with van der Waals surface area (Å²) in [5, 5.41) is 0. The molecule has 1 fully saturated rings. The van der Waals surface area contributed by atoms with Crippen LogP contribution in [0.2, 0.25) is 0 Å². The Kier molecular flexibility index (Phi) is 3.67. The maximum atomic E-state index is 13.3. The highest BCUT2D eigenvalue weighted by atomic mass is 19.1. The fraction of sp³-hybridized carbons (Fsp3) is 0.571. The molecular weight excluding hydrogens is 215 g/mol. The van der Waals surface area contributed by atoms with E-state index in [9.17, 15) is 4.39 Å². The van der Waals surface area contributed by atoms with Crippen molar-refractivity contribution in [3.8, 4) is 0 Å². The van der Waals surface area contributed by atoms with Crippen molar-refractivity contribution >= 4 is 5.69 Å². The van der Waals surface area contributed by atoms with Crippen LogP contribution in [0.25, 0.3) is 0 Å². The van der Waals surface area contributed by atoms with Crippen molar-refractivity contribution < 1.29 is 4.39 Å². The lowest BCUT2D eigenvalue weighted by molar-refractivity contribution is 0.482. The standard InChI is InChI=1S/C14H21FN2/c1-10-5-3-4-8-17(10)14-7-6-12(15)9-13(14)11(2)16/h6-7,9-11H,3-5,8,16H2,1-2H3/t10?,11-/m0/s1. The third-order valence-electron chi connectivity index (χ3n) is 3.59. The lowest BCUT2D eigenvalue weighted by atomic mass is 9.99. The van der Waals surface area contributed by atoms with Crippen LogP contribution in [0.3, 0.4) is 0 Å². The molecule has 0 aliphatic carbocycles. The van der Waals surface area contributed by atoms with E-state index in [1.165, 1.54) is 25.3 Å². The van der Waals surface area contributed by atoms with Crippen molar-refractivity contribution in [1.29, 1.82) is 0 Å². The molecule has 3 heteroatoms. The van der Waals surface area contributed by atoms with Gasteiger partial charge in [-0.2, -0.15) is 0 Å². The topological polar surface area (TPSA) is 29.3 Å². The number of piperidine rings is 1. The Bertz CT molecular complexity index is 390. The van der Waals surface area contributed by atoms with Gasteiger partial charge in [0, 0.05) is 24.3 Å². The average Bonchev–Trinajstić information content (AvgIpc) is 2.30. The Morgan fingerprint density at radius 2 is 2.18 bits per heavy atom. The van der Waals surface area contributed by atoms with E-state index in [1.807, 2.05) is 13.0 Å². The minimum Gasteiger partial charge on any atom is -0.369 e. The molecule has 0 saturated carbocycles. The number of nitrogens with zero attached hydrogens (tertiary/aromatic N) is 1. The second kappa shape index (κ2) is 5.05. The van der Waals surface area contributed by atoms with E-state index in [2.05, 4.69) is 11.8 Å². The number of rotatable bonds is 2. The fourth-order valence-corrected chi connectivity index (χ4v) is 2.61. The van der Waals surface area contributed by atoms with Gasteiger partial charge in [0.1, 0.15) is 5.82 Å². The molecule has 17 heavy (non-hydrogen) atoms. The SMILES string of the molecule is CC1CCCCN1c1ccc(F)cc1[C@H](C)N. The van der Waals surface area contributed by atoms with Crippen LogP contribution in [0, 0.1) is 5.82 Å². The molecule has 2 atom stereocenters. The predicted molar refractivity (Wildman–Crippen MR) is 69.7 cm³/mol. The molecule has 1 aliphatic rings. The van der Waals surface area contributed by atoms with Crippen LogP contribution < -0.4 is 10.6 Å². The minimum atomic E-state index is -0.203. The van der Waals surface area contributed by atoms with E-state index < -0.39 is 0 Å². The smallest absolute Gasteiger partial charge is 0.123 e. The van der Waals surface area contributed by atoms with Crippen molar-refractivity contribution in [3.63, 3.8) is 0 Å². The van der Waals surface area contributed by atoms with Crippen LogP contribution in [0.5, 0.6) is 0 Å². The summed E-state index contributed by atoms with van der Waals surface area (Å²) >= 11 is 0. The molecule has 0 spiro atoms. The number of hydrogen-bond donors (Lipinski definition) is 1. The zero-order valence-electron chi connectivity index (χ0n) is 10.6. The summed E-state index contributed by atoms with van der Waals surface area (Å²) in [6, 6.07) is 5.36. The van der Waals surface area contributed by atoms with Gasteiger partial charge >= 0.3 is 0 Å². The predicted octanol–water partition coefficient (Wildman–Crippen LogP) is 3.22. The summed E-state index contributed by atoms with van der Waals surface area (Å²) in [7, 11) is 0. The quantitative estimate of drug-likeness (QED) is 0.854. The Balaban J connectivity index is 2.36. The third kappa shape index (κ3) is 2.60. The van der Waals surface area contributed by atoms with Crippen LogP contribution >= 0.6 is 0 Å². The Labute approximate surface area is 103 Å². The maximum Gasteiger partial charge on any atom is 0.123 e. The first-order chi connectivity index (χ1) is 8.09. The molecule has 94 valence electrons. The van der Waals surface area contributed by atoms with E-state index in [4.69, 9.17) is 5.73 Å². The van der Waals surface area contributed by atoms with Gasteiger partial charge < -0.3 is 10.6 Å². The second-order valence-electron chi connectivity index (χ2n) is 5.03. The molecule has 0 bridgehead atoms. The molecule has 1 saturated heterocycles. The number of benzene rings is 1. The van der Waals surface area contributed by atoms with Gasteiger partial charge in [-0.1, -0.05) is 0 Å². The molecule has 2 nitrogen and oxygen atoms in total. The average molecular weight is 236 g/mol. The van der Waals surface area contributed by atoms with Crippen molar-refractivity contribution in [2.75, 3.05) is 11.4 Å². The normalized spacial score (nSPS) is 22.6. The largest absolute Gasteiger partial charge is 0.369 e. The van der Waals surface area contributed by atoms with Gasteiger partial charge in [-0.15, -0.1) is 0 Å². The zero-order valence-corrected chi connectivity index (χ0v) is 10.6. The first kappa shape index (κ1) is 12.4. The molecule has 1 aromatic carbocycles. The summed E-state index contributed by atoms with van der Waals surface area (Å²) in [6.07, 6.45) is 3.70. The summed E-state index contributed by atoms with van der Waals surface area (Å²) < 4.78 is 13.3. The van der Waals surface area contributed by atoms with Crippen LogP contribution in [0.4, 0.5) is 10.1 Å². The summed E-state index contributed by atoms with van der Waals surface area (Å²) in [5.41, 5.74) is 7.96. The number of hydrogen-bond acceptors (Lipinski definition) is 2. The van der Waals surface area contributed by atoms with Gasteiger partial charge in [0.15, 0.2) is 0 Å². The van der Waals surface area contributed by atoms with Crippen molar-refractivity contribution in [2.45, 2.75) is 45.2 Å². The van der Waals surface area contributed by atoms with E-state index in [-0.39, 0.29) is 11.9 Å². The first-order valence-corrected chi connectivity index (χ1v) is 6.41. The zero-order chi connectivity index (χ0) is 12.4. The van der Waals surface area contributed by atoms with E-state index in [0.29, 0.717) is 6.04 Å². The Hall–Kier alpha value is -1.09. The highest BCUT2D eigenvalue weighted by Gasteiger charge is 2.22. The third-order valence-corrected chi connectivity index (χ3v) is 3.59. The molecule has 1 aliphatic heterocycles. The number of anilines is 1. The lowest BCUT2D eigenvalue weighted by Crippen LogP contribution is -2.38. The molecule has 1 aromatic rings. The van der Waals surface area contributed by atoms with Gasteiger partial charge in [-0.25, -0.2) is 4.39 Å². The highest BCUT2D eigenvalue weighted by molar-refractivity contribution is 5.56. The maximum absolute atomic E-state index is 13.3. The van der Waals surface area contributed by atoms with Crippen molar-refractivity contribution in [1.82, 2.24) is 0 Å². The van der Waals surface area contributed by atoms with E-state index in [1.54, 1.807) is 6.07 Å². The monoisotopic (exact) mass is 236 g/mol. The van der Waals surface area contributed by atoms with Gasteiger partial charge in [-0.3, -0.25) is 0 Å². The van der Waals surface area contributed by atoms with Crippen LogP contribution in [-0.4, -0.2) is 12.6 Å². The molecule has 0 radical (unpaired) electrons. The fourth-order valence-electron chi connectivity index (χ4n) is 2.61. The number of halogens is 1. The molecule has 0 amide bonds. The second-order valence-corrected chi connectivity index (χ2v) is 5.03. The summed E-state index contributed by atoms with van der Waals surface area (Å²) in [6.45, 7) is 5.19. The van der Waals surface area contributed by atoms with Crippen LogP contribution in [0.15, 0.2) is 18.2 Å². The van der Waals surface area contributed by atoms with Crippen LogP contribution in [0.1, 0.15) is 44.7 Å². The minimum absolute atomic E-state index is 0.130. The van der Waals surface area contributed by atoms with Gasteiger partial charge in [-0.05, 0) is 56.9 Å². The Morgan fingerprint density at radius 3 is 2.82 bits per heavy atom. The summed E-state index contributed by atoms with van der Waals surface area (Å²) in [4.78, 5) is 2.36. The lowest BCUT2D eigenvalue weighted by Gasteiger charge is -2.37. The van der Waals surface area contributed by atoms with Crippen molar-refractivity contribution in [2.24, 2.45) is 5.73 Å². The van der Waals surface area contributed by atoms with Crippen molar-refractivity contribution in [3.05, 3.63) is 29.6 Å². The van der Waals surface area contributed by atoms with Crippen LogP contribution in [-0.2, 0) is 0 Å². The molecular formula is C14H21FN2. The number of nitrogens with two attached hydrogens (primary N) is 1. The van der Waals surface area contributed by atoms with E-state index >= 15 is 0 Å². The van der Waals surface area contributed by atoms with Gasteiger partial charge in [0.2, 0.25) is 0 Å². The molecule has 1 heterocycles. The molecule has 2 N–H and O–H groups in total. The highest BCUT2D eigenvalue weighted by Crippen LogP contribution is 2.31. The molecule has 2 rings (SSSR count). The first-order valence-electron chi connectivity index (χ1n) is 6.41. The van der Waals surface area contributed by atoms with E-state index in [0.717, 1.165) is 17.8 Å². The summed E-state index contributed by atoms with van der Waals surface area (Å²) in [5.74, 6) is -0.203. The Morgan fingerprint density at radius 1 is 1.41 bits per heavy atom. The van der Waals surface area contributed by atoms with Gasteiger partial charge in [0.25, 0.3) is 0 Å².